The van der Waals surface area contributed by atoms with Gasteiger partial charge < -0.3 is 10.3 Å². The largest absolute Gasteiger partial charge is 0.352 e. The van der Waals surface area contributed by atoms with E-state index in [1.54, 1.807) is 13.0 Å². The van der Waals surface area contributed by atoms with E-state index in [4.69, 9.17) is 6.42 Å². The van der Waals surface area contributed by atoms with Crippen molar-refractivity contribution in [3.8, 4) is 12.3 Å². The Morgan fingerprint density at radius 2 is 2.24 bits per heavy atom. The van der Waals surface area contributed by atoms with Gasteiger partial charge in [0.1, 0.15) is 5.56 Å². The Morgan fingerprint density at radius 3 is 2.88 bits per heavy atom. The van der Waals surface area contributed by atoms with Crippen LogP contribution in [0.2, 0.25) is 0 Å². The first-order valence-electron chi connectivity index (χ1n) is 5.56. The number of amides is 1. The smallest absolute Gasteiger partial charge is 0.260 e. The van der Waals surface area contributed by atoms with E-state index < -0.39 is 0 Å². The van der Waals surface area contributed by atoms with E-state index in [1.807, 2.05) is 0 Å². The quantitative estimate of drug-likeness (QED) is 0.592. The van der Waals surface area contributed by atoms with E-state index in [2.05, 4.69) is 16.2 Å². The van der Waals surface area contributed by atoms with Crippen LogP contribution >= 0.6 is 0 Å². The fourth-order valence-electron chi connectivity index (χ4n) is 1.40. The van der Waals surface area contributed by atoms with E-state index in [9.17, 15) is 9.59 Å². The Balaban J connectivity index is 2.48. The first kappa shape index (κ1) is 13.0. The third-order valence-electron chi connectivity index (χ3n) is 2.33. The summed E-state index contributed by atoms with van der Waals surface area (Å²) in [6.45, 7) is 2.30. The number of carbonyl (C=O) groups is 1. The Labute approximate surface area is 100 Å². The number of pyridine rings is 1. The molecule has 1 aromatic heterocycles. The molecular formula is C13H16N2O2. The summed E-state index contributed by atoms with van der Waals surface area (Å²) in [6, 6.07) is 3.24. The van der Waals surface area contributed by atoms with Crippen molar-refractivity contribution in [2.45, 2.75) is 26.2 Å². The molecule has 0 aliphatic heterocycles. The standard InChI is InChI=1S/C13H16N2O2/c1-3-4-5-6-9-14-12(16)11-8-7-10(2)15-13(11)17/h1,7-8H,4-6,9H2,2H3,(H,14,16)(H,15,17). The molecule has 0 radical (unpaired) electrons. The summed E-state index contributed by atoms with van der Waals surface area (Å²) in [5.41, 5.74) is 0.527. The third kappa shape index (κ3) is 4.15. The molecule has 0 atom stereocenters. The lowest BCUT2D eigenvalue weighted by Gasteiger charge is -2.04. The second-order valence-electron chi connectivity index (χ2n) is 3.80. The van der Waals surface area contributed by atoms with E-state index in [1.165, 1.54) is 6.07 Å². The highest BCUT2D eigenvalue weighted by Crippen LogP contribution is 1.95. The average Bonchev–Trinajstić information content (AvgIpc) is 2.28. The number of aromatic amines is 1. The van der Waals surface area contributed by atoms with Crippen LogP contribution in [-0.4, -0.2) is 17.4 Å². The molecule has 17 heavy (non-hydrogen) atoms. The predicted octanol–water partition coefficient (Wildman–Crippen LogP) is 1.22. The SMILES string of the molecule is C#CCCCCNC(=O)c1ccc(C)[nH]c1=O. The molecule has 1 aromatic rings. The normalized spacial score (nSPS) is 9.65. The minimum absolute atomic E-state index is 0.146. The van der Waals surface area contributed by atoms with Gasteiger partial charge in [0.15, 0.2) is 0 Å². The molecule has 2 N–H and O–H groups in total. The summed E-state index contributed by atoms with van der Waals surface area (Å²) in [6.07, 6.45) is 7.52. The molecule has 0 aromatic carbocycles. The van der Waals surface area contributed by atoms with Gasteiger partial charge in [-0.25, -0.2) is 0 Å². The molecule has 1 heterocycles. The van der Waals surface area contributed by atoms with Crippen molar-refractivity contribution in [3.63, 3.8) is 0 Å². The molecule has 0 saturated heterocycles. The van der Waals surface area contributed by atoms with E-state index >= 15 is 0 Å². The van der Waals surface area contributed by atoms with Crippen molar-refractivity contribution in [2.24, 2.45) is 0 Å². The maximum Gasteiger partial charge on any atom is 0.260 e. The lowest BCUT2D eigenvalue weighted by atomic mass is 10.2. The highest BCUT2D eigenvalue weighted by atomic mass is 16.2. The van der Waals surface area contributed by atoms with Crippen molar-refractivity contribution in [1.29, 1.82) is 0 Å². The summed E-state index contributed by atoms with van der Waals surface area (Å²) in [5, 5.41) is 2.69. The minimum atomic E-state index is -0.355. The van der Waals surface area contributed by atoms with Gasteiger partial charge in [-0.2, -0.15) is 0 Å². The van der Waals surface area contributed by atoms with E-state index in [0.29, 0.717) is 13.0 Å². The van der Waals surface area contributed by atoms with Crippen LogP contribution in [-0.2, 0) is 0 Å². The zero-order chi connectivity index (χ0) is 12.7. The van der Waals surface area contributed by atoms with E-state index in [0.717, 1.165) is 18.5 Å². The Hall–Kier alpha value is -2.02. The van der Waals surface area contributed by atoms with Gasteiger partial charge in [0.2, 0.25) is 0 Å². The molecule has 90 valence electrons. The van der Waals surface area contributed by atoms with E-state index in [-0.39, 0.29) is 17.0 Å². The molecule has 1 amide bonds. The topological polar surface area (TPSA) is 62.0 Å². The molecule has 0 fully saturated rings. The molecule has 0 aliphatic rings. The maximum atomic E-state index is 11.6. The lowest BCUT2D eigenvalue weighted by Crippen LogP contribution is -2.30. The zero-order valence-electron chi connectivity index (χ0n) is 9.88. The first-order chi connectivity index (χ1) is 8.15. The fourth-order valence-corrected chi connectivity index (χ4v) is 1.40. The van der Waals surface area contributed by atoms with Crippen molar-refractivity contribution < 1.29 is 4.79 Å². The molecule has 0 saturated carbocycles. The number of aryl methyl sites for hydroxylation is 1. The monoisotopic (exact) mass is 232 g/mol. The fraction of sp³-hybridized carbons (Fsp3) is 0.385. The van der Waals surface area contributed by atoms with Crippen LogP contribution in [0.1, 0.15) is 35.3 Å². The van der Waals surface area contributed by atoms with Gasteiger partial charge in [0.05, 0.1) is 0 Å². The summed E-state index contributed by atoms with van der Waals surface area (Å²) in [7, 11) is 0. The molecule has 4 heteroatoms. The van der Waals surface area contributed by atoms with Crippen molar-refractivity contribution in [1.82, 2.24) is 10.3 Å². The summed E-state index contributed by atoms with van der Waals surface area (Å²) in [5.74, 6) is 2.19. The highest BCUT2D eigenvalue weighted by Gasteiger charge is 2.08. The number of nitrogens with one attached hydrogen (secondary N) is 2. The van der Waals surface area contributed by atoms with Crippen LogP contribution in [0.3, 0.4) is 0 Å². The number of hydrogen-bond donors (Lipinski definition) is 2. The maximum absolute atomic E-state index is 11.6. The molecular weight excluding hydrogens is 216 g/mol. The van der Waals surface area contributed by atoms with Gasteiger partial charge in [0, 0.05) is 18.7 Å². The van der Waals surface area contributed by atoms with Crippen molar-refractivity contribution >= 4 is 5.91 Å². The number of aromatic nitrogens is 1. The average molecular weight is 232 g/mol. The number of unbranched alkanes of at least 4 members (excludes halogenated alkanes) is 2. The van der Waals surface area contributed by atoms with Gasteiger partial charge in [-0.15, -0.1) is 12.3 Å². The Kier molecular flexibility index (Phi) is 5.02. The minimum Gasteiger partial charge on any atom is -0.352 e. The van der Waals surface area contributed by atoms with Crippen molar-refractivity contribution in [3.05, 3.63) is 33.7 Å². The molecule has 0 bridgehead atoms. The van der Waals surface area contributed by atoms with Crippen LogP contribution in [0.5, 0.6) is 0 Å². The molecule has 1 rings (SSSR count). The Bertz CT molecular complexity index is 483. The first-order valence-corrected chi connectivity index (χ1v) is 5.56. The second-order valence-corrected chi connectivity index (χ2v) is 3.80. The van der Waals surface area contributed by atoms with Crippen LogP contribution in [0, 0.1) is 19.3 Å². The van der Waals surface area contributed by atoms with Gasteiger partial charge in [-0.1, -0.05) is 0 Å². The van der Waals surface area contributed by atoms with Crippen LogP contribution in [0.25, 0.3) is 0 Å². The summed E-state index contributed by atoms with van der Waals surface area (Å²) < 4.78 is 0. The van der Waals surface area contributed by atoms with Gasteiger partial charge in [-0.3, -0.25) is 9.59 Å². The van der Waals surface area contributed by atoms with Gasteiger partial charge >= 0.3 is 0 Å². The molecule has 0 spiro atoms. The number of rotatable bonds is 5. The van der Waals surface area contributed by atoms with Crippen LogP contribution in [0.4, 0.5) is 0 Å². The number of carbonyl (C=O) groups excluding carboxylic acids is 1. The highest BCUT2D eigenvalue weighted by molar-refractivity contribution is 5.93. The Morgan fingerprint density at radius 1 is 1.47 bits per heavy atom. The third-order valence-corrected chi connectivity index (χ3v) is 2.33. The van der Waals surface area contributed by atoms with Crippen LogP contribution in [0.15, 0.2) is 16.9 Å². The summed E-state index contributed by atoms with van der Waals surface area (Å²) in [4.78, 5) is 25.7. The lowest BCUT2D eigenvalue weighted by molar-refractivity contribution is 0.0951. The zero-order valence-corrected chi connectivity index (χ0v) is 9.88. The van der Waals surface area contributed by atoms with Gasteiger partial charge in [0.25, 0.3) is 11.5 Å². The molecule has 0 aliphatic carbocycles. The van der Waals surface area contributed by atoms with Crippen LogP contribution < -0.4 is 10.9 Å². The predicted molar refractivity (Wildman–Crippen MR) is 66.8 cm³/mol. The number of H-pyrrole nitrogens is 1. The second kappa shape index (κ2) is 6.54. The number of hydrogen-bond acceptors (Lipinski definition) is 2. The van der Waals surface area contributed by atoms with Gasteiger partial charge in [-0.05, 0) is 31.9 Å². The summed E-state index contributed by atoms with van der Waals surface area (Å²) >= 11 is 0. The van der Waals surface area contributed by atoms with Crippen molar-refractivity contribution in [2.75, 3.05) is 6.54 Å². The number of terminal acetylenes is 1. The molecule has 0 unspecified atom stereocenters. The molecule has 4 nitrogen and oxygen atoms in total.